The molecule has 34 heavy (non-hydrogen) atoms. The number of ether oxygens (including phenoxy) is 1. The van der Waals surface area contributed by atoms with Crippen molar-refractivity contribution in [2.45, 2.75) is 9.79 Å². The fourth-order valence-corrected chi connectivity index (χ4v) is 7.49. The van der Waals surface area contributed by atoms with Crippen LogP contribution in [0.4, 0.5) is 5.69 Å². The number of hydrogen-bond acceptors (Lipinski definition) is 9. The van der Waals surface area contributed by atoms with E-state index in [2.05, 4.69) is 21.0 Å². The summed E-state index contributed by atoms with van der Waals surface area (Å²) in [6.07, 6.45) is 0. The lowest BCUT2D eigenvalue weighted by molar-refractivity contribution is 0.0589. The maximum absolute atomic E-state index is 13.7. The number of sulfonamides is 2. The Morgan fingerprint density at radius 2 is 1.35 bits per heavy atom. The molecule has 11 nitrogen and oxygen atoms in total. The van der Waals surface area contributed by atoms with Crippen molar-refractivity contribution in [3.63, 3.8) is 0 Å². The first kappa shape index (κ1) is 24.9. The normalized spacial score (nSPS) is 11.3. The molecule has 0 amide bonds. The standard InChI is InChI=1S/C20H14BrN5O6S2/c1-25-18(20(27)32-2)17(19(21)24-25)26(33(28,29)15-7-3-13(11-22)4-8-15)34(30,31)16-9-5-14(12-23)6-10-16/h3-10H,1-2H3. The predicted molar refractivity (Wildman–Crippen MR) is 121 cm³/mol. The minimum absolute atomic E-state index is 0.0755. The van der Waals surface area contributed by atoms with Gasteiger partial charge in [-0.15, -0.1) is 0 Å². The summed E-state index contributed by atoms with van der Waals surface area (Å²) >= 11 is 3.05. The highest BCUT2D eigenvalue weighted by atomic mass is 79.9. The van der Waals surface area contributed by atoms with E-state index in [1.165, 1.54) is 31.3 Å². The van der Waals surface area contributed by atoms with Crippen molar-refractivity contribution < 1.29 is 26.4 Å². The largest absolute Gasteiger partial charge is 0.464 e. The van der Waals surface area contributed by atoms with Crippen LogP contribution in [0, 0.1) is 22.7 Å². The highest BCUT2D eigenvalue weighted by Gasteiger charge is 2.42. The number of rotatable bonds is 6. The van der Waals surface area contributed by atoms with Crippen LogP contribution in [0.5, 0.6) is 0 Å². The molecule has 0 spiro atoms. The third-order valence-electron chi connectivity index (χ3n) is 4.54. The van der Waals surface area contributed by atoms with Gasteiger partial charge in [0.25, 0.3) is 20.0 Å². The molecule has 0 fully saturated rings. The third kappa shape index (κ3) is 4.26. The first-order chi connectivity index (χ1) is 16.0. The highest BCUT2D eigenvalue weighted by Crippen LogP contribution is 2.38. The molecule has 0 unspecified atom stereocenters. The van der Waals surface area contributed by atoms with Gasteiger partial charge in [0.05, 0.1) is 40.2 Å². The Bertz CT molecular complexity index is 1480. The molecule has 0 N–H and O–H groups in total. The van der Waals surface area contributed by atoms with Gasteiger partial charge in [-0.05, 0) is 64.5 Å². The van der Waals surface area contributed by atoms with Gasteiger partial charge >= 0.3 is 5.97 Å². The summed E-state index contributed by atoms with van der Waals surface area (Å²) in [6, 6.07) is 12.8. The summed E-state index contributed by atoms with van der Waals surface area (Å²) in [7, 11) is -7.44. The molecule has 0 saturated carbocycles. The lowest BCUT2D eigenvalue weighted by Crippen LogP contribution is -2.38. The Kier molecular flexibility index (Phi) is 6.79. The number of nitrogens with zero attached hydrogens (tertiary/aromatic N) is 5. The van der Waals surface area contributed by atoms with E-state index < -0.39 is 47.2 Å². The molecule has 0 aliphatic rings. The number of benzene rings is 2. The third-order valence-corrected chi connectivity index (χ3v) is 9.23. The number of aryl methyl sites for hydroxylation is 1. The van der Waals surface area contributed by atoms with Crippen molar-refractivity contribution in [1.29, 1.82) is 10.5 Å². The minimum Gasteiger partial charge on any atom is -0.464 e. The van der Waals surface area contributed by atoms with E-state index in [0.717, 1.165) is 36.1 Å². The van der Waals surface area contributed by atoms with Crippen molar-refractivity contribution in [3.05, 3.63) is 70.0 Å². The Hall–Kier alpha value is -3.72. The molecule has 2 aromatic carbocycles. The molecule has 174 valence electrons. The molecule has 3 aromatic rings. The Balaban J connectivity index is 2.39. The molecule has 14 heteroatoms. The first-order valence-electron chi connectivity index (χ1n) is 9.10. The Labute approximate surface area is 203 Å². The molecule has 0 atom stereocenters. The Morgan fingerprint density at radius 3 is 1.71 bits per heavy atom. The van der Waals surface area contributed by atoms with E-state index in [4.69, 9.17) is 15.3 Å². The number of esters is 1. The number of hydrogen-bond donors (Lipinski definition) is 0. The van der Waals surface area contributed by atoms with E-state index >= 15 is 0 Å². The number of methoxy groups -OCH3 is 1. The molecular formula is C20H14BrN5O6S2. The van der Waals surface area contributed by atoms with E-state index in [1.54, 1.807) is 0 Å². The van der Waals surface area contributed by atoms with Crippen molar-refractivity contribution in [3.8, 4) is 12.1 Å². The molecule has 0 radical (unpaired) electrons. The van der Waals surface area contributed by atoms with Gasteiger partial charge in [0.1, 0.15) is 5.69 Å². The smallest absolute Gasteiger partial charge is 0.358 e. The van der Waals surface area contributed by atoms with Crippen LogP contribution in [0.3, 0.4) is 0 Å². The summed E-state index contributed by atoms with van der Waals surface area (Å²) < 4.78 is 60.3. The Morgan fingerprint density at radius 1 is 0.941 bits per heavy atom. The van der Waals surface area contributed by atoms with Crippen LogP contribution in [0.15, 0.2) is 62.9 Å². The monoisotopic (exact) mass is 563 g/mol. The zero-order valence-electron chi connectivity index (χ0n) is 17.5. The predicted octanol–water partition coefficient (Wildman–Crippen LogP) is 2.30. The highest BCUT2D eigenvalue weighted by molar-refractivity contribution is 9.10. The van der Waals surface area contributed by atoms with Gasteiger partial charge in [-0.1, -0.05) is 0 Å². The number of nitriles is 2. The van der Waals surface area contributed by atoms with Gasteiger partial charge in [-0.3, -0.25) is 4.68 Å². The molecule has 0 aliphatic heterocycles. The molecule has 1 aromatic heterocycles. The second-order valence-electron chi connectivity index (χ2n) is 6.58. The van der Waals surface area contributed by atoms with Crippen LogP contribution in [0.1, 0.15) is 21.6 Å². The number of carbonyl (C=O) groups excluding carboxylic acids is 1. The number of halogens is 1. The fraction of sp³-hybridized carbons (Fsp3) is 0.100. The van der Waals surface area contributed by atoms with E-state index in [0.29, 0.717) is 0 Å². The summed E-state index contributed by atoms with van der Waals surface area (Å²) in [5, 5.41) is 22.0. The lowest BCUT2D eigenvalue weighted by atomic mass is 10.2. The average molecular weight is 564 g/mol. The average Bonchev–Trinajstić information content (AvgIpc) is 3.11. The molecule has 0 bridgehead atoms. The zero-order valence-corrected chi connectivity index (χ0v) is 20.7. The quantitative estimate of drug-likeness (QED) is 0.409. The number of carbonyl (C=O) groups is 1. The summed E-state index contributed by atoms with van der Waals surface area (Å²) in [4.78, 5) is 11.5. The topological polar surface area (TPSA) is 163 Å². The van der Waals surface area contributed by atoms with E-state index in [1.807, 2.05) is 12.1 Å². The molecular weight excluding hydrogens is 550 g/mol. The van der Waals surface area contributed by atoms with Gasteiger partial charge in [0.2, 0.25) is 0 Å². The second kappa shape index (κ2) is 9.26. The molecule has 3 rings (SSSR count). The van der Waals surface area contributed by atoms with Crippen LogP contribution in [-0.4, -0.2) is 39.7 Å². The molecule has 1 heterocycles. The zero-order chi connectivity index (χ0) is 25.3. The minimum atomic E-state index is -4.89. The van der Waals surface area contributed by atoms with Gasteiger partial charge < -0.3 is 4.74 Å². The van der Waals surface area contributed by atoms with Crippen LogP contribution in [0.2, 0.25) is 0 Å². The second-order valence-corrected chi connectivity index (χ2v) is 11.1. The molecule has 0 aliphatic carbocycles. The van der Waals surface area contributed by atoms with Crippen molar-refractivity contribution in [1.82, 2.24) is 9.78 Å². The van der Waals surface area contributed by atoms with Crippen molar-refractivity contribution in [2.75, 3.05) is 10.8 Å². The van der Waals surface area contributed by atoms with Crippen LogP contribution in [-0.2, 0) is 31.8 Å². The summed E-state index contributed by atoms with van der Waals surface area (Å²) in [6.45, 7) is 0. The van der Waals surface area contributed by atoms with Crippen molar-refractivity contribution >= 4 is 47.6 Å². The SMILES string of the molecule is COC(=O)c1c(N(S(=O)(=O)c2ccc(C#N)cc2)S(=O)(=O)c2ccc(C#N)cc2)c(Br)nn1C. The maximum Gasteiger partial charge on any atom is 0.358 e. The van der Waals surface area contributed by atoms with Crippen molar-refractivity contribution in [2.24, 2.45) is 7.05 Å². The van der Waals surface area contributed by atoms with Gasteiger partial charge in [0.15, 0.2) is 10.3 Å². The summed E-state index contributed by atoms with van der Waals surface area (Å²) in [5.74, 6) is -1.04. The van der Waals surface area contributed by atoms with E-state index in [9.17, 15) is 21.6 Å². The first-order valence-corrected chi connectivity index (χ1v) is 12.8. The fourth-order valence-electron chi connectivity index (χ4n) is 2.93. The van der Waals surface area contributed by atoms with Gasteiger partial charge in [0, 0.05) is 7.05 Å². The van der Waals surface area contributed by atoms with Gasteiger partial charge in [-0.2, -0.15) is 19.3 Å². The maximum atomic E-state index is 13.7. The van der Waals surface area contributed by atoms with Crippen LogP contribution in [0.25, 0.3) is 0 Å². The lowest BCUT2D eigenvalue weighted by Gasteiger charge is -2.24. The van der Waals surface area contributed by atoms with Gasteiger partial charge in [-0.25, -0.2) is 21.6 Å². The number of anilines is 1. The van der Waals surface area contributed by atoms with Crippen LogP contribution >= 0.6 is 15.9 Å². The van der Waals surface area contributed by atoms with Crippen LogP contribution < -0.4 is 3.71 Å². The molecule has 0 saturated heterocycles. The number of aromatic nitrogens is 2. The summed E-state index contributed by atoms with van der Waals surface area (Å²) in [5.41, 5.74) is -0.747. The van der Waals surface area contributed by atoms with E-state index in [-0.39, 0.29) is 19.4 Å².